The Balaban J connectivity index is 1.54. The molecule has 0 radical (unpaired) electrons. The van der Waals surface area contributed by atoms with Crippen LogP contribution in [0.3, 0.4) is 0 Å². The summed E-state index contributed by atoms with van der Waals surface area (Å²) in [7, 11) is 0. The van der Waals surface area contributed by atoms with Crippen LogP contribution in [0.5, 0.6) is 0 Å². The van der Waals surface area contributed by atoms with E-state index >= 15 is 0 Å². The van der Waals surface area contributed by atoms with E-state index in [2.05, 4.69) is 36.6 Å². The number of aromatic nitrogens is 5. The second-order valence-corrected chi connectivity index (χ2v) is 8.51. The fourth-order valence-corrected chi connectivity index (χ4v) is 3.82. The maximum absolute atomic E-state index is 13.9. The van der Waals surface area contributed by atoms with Gasteiger partial charge in [0.25, 0.3) is 5.91 Å². The van der Waals surface area contributed by atoms with Gasteiger partial charge in [-0.3, -0.25) is 14.2 Å². The summed E-state index contributed by atoms with van der Waals surface area (Å²) in [5.74, 6) is -0.0203. The molecule has 0 bridgehead atoms. The van der Waals surface area contributed by atoms with Crippen molar-refractivity contribution in [3.63, 3.8) is 0 Å². The molecule has 0 aliphatic carbocycles. The molecular weight excluding hydrogens is 503 g/mol. The molecule has 0 atom stereocenters. The molecule has 4 rings (SSSR count). The fourth-order valence-electron chi connectivity index (χ4n) is 3.27. The van der Waals surface area contributed by atoms with Gasteiger partial charge in [0.05, 0.1) is 34.0 Å². The zero-order chi connectivity index (χ0) is 23.0. The lowest BCUT2D eigenvalue weighted by atomic mass is 10.2. The number of amides is 1. The summed E-state index contributed by atoms with van der Waals surface area (Å²) in [5.41, 5.74) is 2.69. The Kier molecular flexibility index (Phi) is 6.16. The number of carbonyl (C=O) groups excluding carboxylic acids is 1. The highest BCUT2D eigenvalue weighted by molar-refractivity contribution is 9.10. The Bertz CT molecular complexity index is 1310. The molecule has 0 spiro atoms. The normalized spacial score (nSPS) is 11.2. The maximum atomic E-state index is 13.9. The SMILES string of the molecule is Cc1nn(Cc2c(C(=O)Nc3nn(Cc4ccccc4F)cc3Br)noc2C)c(C)c1Cl. The molecule has 0 aliphatic heterocycles. The van der Waals surface area contributed by atoms with Crippen molar-refractivity contribution in [3.8, 4) is 0 Å². The molecule has 3 heterocycles. The zero-order valence-electron chi connectivity index (χ0n) is 17.5. The van der Waals surface area contributed by atoms with Gasteiger partial charge in [0.15, 0.2) is 11.5 Å². The molecule has 4 aromatic rings. The number of carbonyl (C=O) groups is 1. The van der Waals surface area contributed by atoms with Crippen LogP contribution in [0.4, 0.5) is 10.2 Å². The maximum Gasteiger partial charge on any atom is 0.279 e. The first-order chi connectivity index (χ1) is 15.2. The molecule has 3 aromatic heterocycles. The molecule has 0 saturated heterocycles. The Morgan fingerprint density at radius 3 is 2.66 bits per heavy atom. The first kappa shape index (κ1) is 22.2. The average molecular weight is 522 g/mol. The third-order valence-corrected chi connectivity index (χ3v) is 6.17. The van der Waals surface area contributed by atoms with E-state index < -0.39 is 5.91 Å². The minimum absolute atomic E-state index is 0.127. The summed E-state index contributed by atoms with van der Waals surface area (Å²) in [6, 6.07) is 6.45. The lowest BCUT2D eigenvalue weighted by Crippen LogP contribution is -2.17. The van der Waals surface area contributed by atoms with E-state index in [0.717, 1.165) is 5.69 Å². The van der Waals surface area contributed by atoms with E-state index in [9.17, 15) is 9.18 Å². The van der Waals surface area contributed by atoms with Gasteiger partial charge in [-0.25, -0.2) is 4.39 Å². The Morgan fingerprint density at radius 1 is 1.22 bits per heavy atom. The number of halogens is 3. The van der Waals surface area contributed by atoms with Crippen LogP contribution in [0.25, 0.3) is 0 Å². The summed E-state index contributed by atoms with van der Waals surface area (Å²) in [4.78, 5) is 13.0. The number of hydrogen-bond donors (Lipinski definition) is 1. The van der Waals surface area contributed by atoms with Crippen LogP contribution >= 0.6 is 27.5 Å². The summed E-state index contributed by atoms with van der Waals surface area (Å²) in [6.07, 6.45) is 1.66. The fraction of sp³-hybridized carbons (Fsp3) is 0.238. The molecule has 166 valence electrons. The van der Waals surface area contributed by atoms with Gasteiger partial charge in [0.2, 0.25) is 0 Å². The number of anilines is 1. The van der Waals surface area contributed by atoms with Crippen LogP contribution in [0, 0.1) is 26.6 Å². The predicted octanol–water partition coefficient (Wildman–Crippen LogP) is 4.90. The first-order valence-electron chi connectivity index (χ1n) is 9.67. The van der Waals surface area contributed by atoms with Gasteiger partial charge in [0.1, 0.15) is 11.6 Å². The highest BCUT2D eigenvalue weighted by atomic mass is 79.9. The van der Waals surface area contributed by atoms with Gasteiger partial charge in [-0.15, -0.1) is 0 Å². The van der Waals surface area contributed by atoms with E-state index in [1.807, 2.05) is 13.8 Å². The smallest absolute Gasteiger partial charge is 0.279 e. The minimum Gasteiger partial charge on any atom is -0.361 e. The molecule has 0 fully saturated rings. The molecule has 32 heavy (non-hydrogen) atoms. The predicted molar refractivity (Wildman–Crippen MR) is 120 cm³/mol. The highest BCUT2D eigenvalue weighted by Gasteiger charge is 2.23. The molecule has 8 nitrogen and oxygen atoms in total. The molecule has 0 unspecified atom stereocenters. The lowest BCUT2D eigenvalue weighted by Gasteiger charge is -2.06. The molecule has 0 aliphatic rings. The Labute approximate surface area is 196 Å². The second-order valence-electron chi connectivity index (χ2n) is 7.28. The van der Waals surface area contributed by atoms with Gasteiger partial charge in [-0.2, -0.15) is 10.2 Å². The van der Waals surface area contributed by atoms with E-state index in [1.54, 1.807) is 36.0 Å². The van der Waals surface area contributed by atoms with Crippen molar-refractivity contribution in [3.05, 3.63) is 79.7 Å². The number of benzene rings is 1. The van der Waals surface area contributed by atoms with E-state index in [-0.39, 0.29) is 30.4 Å². The van der Waals surface area contributed by atoms with Crippen LogP contribution in [-0.2, 0) is 13.1 Å². The van der Waals surface area contributed by atoms with Crippen LogP contribution in [0.15, 0.2) is 39.5 Å². The van der Waals surface area contributed by atoms with Crippen molar-refractivity contribution in [2.45, 2.75) is 33.9 Å². The molecule has 1 aromatic carbocycles. The standard InChI is InChI=1S/C21H19BrClFN6O2/c1-11-18(23)12(2)30(26-11)9-15-13(3)32-28-19(15)21(31)25-20-16(22)10-29(27-20)8-14-6-4-5-7-17(14)24/h4-7,10H,8-9H2,1-3H3,(H,25,27,31). The molecule has 1 N–H and O–H groups in total. The van der Waals surface area contributed by atoms with Crippen molar-refractivity contribution in [1.82, 2.24) is 24.7 Å². The highest BCUT2D eigenvalue weighted by Crippen LogP contribution is 2.25. The van der Waals surface area contributed by atoms with Crippen LogP contribution in [0.2, 0.25) is 5.02 Å². The average Bonchev–Trinajstić information content (AvgIpc) is 3.36. The van der Waals surface area contributed by atoms with Crippen molar-refractivity contribution in [2.75, 3.05) is 5.32 Å². The third-order valence-electron chi connectivity index (χ3n) is 5.04. The van der Waals surface area contributed by atoms with Crippen molar-refractivity contribution in [1.29, 1.82) is 0 Å². The van der Waals surface area contributed by atoms with Gasteiger partial charge in [0, 0.05) is 17.3 Å². The van der Waals surface area contributed by atoms with Gasteiger partial charge < -0.3 is 9.84 Å². The Hall–Kier alpha value is -2.98. The summed E-state index contributed by atoms with van der Waals surface area (Å²) < 4.78 is 23.0. The number of nitrogens with one attached hydrogen (secondary N) is 1. The summed E-state index contributed by atoms with van der Waals surface area (Å²) in [6.45, 7) is 5.89. The Morgan fingerprint density at radius 2 is 1.97 bits per heavy atom. The largest absolute Gasteiger partial charge is 0.361 e. The second kappa shape index (κ2) is 8.87. The van der Waals surface area contributed by atoms with Crippen LogP contribution < -0.4 is 5.32 Å². The first-order valence-corrected chi connectivity index (χ1v) is 10.8. The molecule has 0 saturated carbocycles. The molecule has 11 heteroatoms. The van der Waals surface area contributed by atoms with E-state index in [0.29, 0.717) is 32.1 Å². The number of aryl methyl sites for hydroxylation is 2. The number of nitrogens with zero attached hydrogens (tertiary/aromatic N) is 5. The minimum atomic E-state index is -0.485. The summed E-state index contributed by atoms with van der Waals surface area (Å²) in [5, 5.41) is 16.0. The van der Waals surface area contributed by atoms with Crippen molar-refractivity contribution < 1.29 is 13.7 Å². The number of rotatable bonds is 6. The van der Waals surface area contributed by atoms with E-state index in [4.69, 9.17) is 16.1 Å². The molecular formula is C21H19BrClFN6O2. The van der Waals surface area contributed by atoms with Gasteiger partial charge in [-0.1, -0.05) is 35.0 Å². The monoisotopic (exact) mass is 520 g/mol. The van der Waals surface area contributed by atoms with Crippen molar-refractivity contribution in [2.24, 2.45) is 0 Å². The zero-order valence-corrected chi connectivity index (χ0v) is 19.8. The number of hydrogen-bond acceptors (Lipinski definition) is 5. The van der Waals surface area contributed by atoms with E-state index in [1.165, 1.54) is 10.7 Å². The van der Waals surface area contributed by atoms with Crippen LogP contribution in [-0.4, -0.2) is 30.6 Å². The topological polar surface area (TPSA) is 90.8 Å². The quantitative estimate of drug-likeness (QED) is 0.390. The van der Waals surface area contributed by atoms with Gasteiger partial charge >= 0.3 is 0 Å². The van der Waals surface area contributed by atoms with Gasteiger partial charge in [-0.05, 0) is 42.8 Å². The molecule has 1 amide bonds. The van der Waals surface area contributed by atoms with Crippen LogP contribution in [0.1, 0.15) is 38.8 Å². The summed E-state index contributed by atoms with van der Waals surface area (Å²) >= 11 is 9.62. The third kappa shape index (κ3) is 4.33. The van der Waals surface area contributed by atoms with Crippen molar-refractivity contribution >= 4 is 39.3 Å². The lowest BCUT2D eigenvalue weighted by molar-refractivity contribution is 0.101.